The number of nitrogens with one attached hydrogen (secondary N) is 2. The zero-order chi connectivity index (χ0) is 22.3. The van der Waals surface area contributed by atoms with Crippen LogP contribution >= 0.6 is 0 Å². The van der Waals surface area contributed by atoms with Gasteiger partial charge in [-0.1, -0.05) is 18.2 Å². The van der Waals surface area contributed by atoms with E-state index in [0.29, 0.717) is 19.1 Å². The lowest BCUT2D eigenvalue weighted by Crippen LogP contribution is -2.45. The number of pyridine rings is 1. The van der Waals surface area contributed by atoms with Gasteiger partial charge >= 0.3 is 0 Å². The van der Waals surface area contributed by atoms with Gasteiger partial charge in [-0.15, -0.1) is 0 Å². The molecule has 1 aliphatic rings. The first kappa shape index (κ1) is 22.2. The average Bonchev–Trinajstić information content (AvgIpc) is 2.83. The van der Waals surface area contributed by atoms with Crippen LogP contribution in [0, 0.1) is 0 Å². The fourth-order valence-corrected chi connectivity index (χ4v) is 4.19. The highest BCUT2D eigenvalue weighted by molar-refractivity contribution is 5.92. The lowest BCUT2D eigenvalue weighted by molar-refractivity contribution is -0.115. The topological polar surface area (TPSA) is 86.7 Å². The number of fused-ring (bicyclic) bond motifs is 1. The predicted octanol–water partition coefficient (Wildman–Crippen LogP) is 2.97. The second-order valence-corrected chi connectivity index (χ2v) is 8.17. The van der Waals surface area contributed by atoms with Gasteiger partial charge in [0.1, 0.15) is 5.75 Å². The fourth-order valence-electron chi connectivity index (χ4n) is 4.19. The van der Waals surface area contributed by atoms with Crippen LogP contribution in [0.15, 0.2) is 60.8 Å². The number of methoxy groups -OCH3 is 1. The van der Waals surface area contributed by atoms with Gasteiger partial charge in [0.05, 0.1) is 25.3 Å². The minimum atomic E-state index is -0.603. The molecule has 1 atom stereocenters. The third-order valence-electron chi connectivity index (χ3n) is 5.97. The van der Waals surface area contributed by atoms with E-state index >= 15 is 0 Å². The van der Waals surface area contributed by atoms with E-state index < -0.39 is 6.10 Å². The number of likely N-dealkylation sites (tertiary alicyclic amines) is 1. The zero-order valence-electron chi connectivity index (χ0n) is 18.3. The van der Waals surface area contributed by atoms with Crippen molar-refractivity contribution in [2.75, 3.05) is 38.6 Å². The fraction of sp³-hybridized carbons (Fsp3) is 0.360. The minimum Gasteiger partial charge on any atom is -0.497 e. The second kappa shape index (κ2) is 10.5. The highest BCUT2D eigenvalue weighted by Crippen LogP contribution is 2.27. The third-order valence-corrected chi connectivity index (χ3v) is 5.97. The van der Waals surface area contributed by atoms with Gasteiger partial charge in [0.15, 0.2) is 0 Å². The first-order chi connectivity index (χ1) is 15.6. The number of hydrogen-bond donors (Lipinski definition) is 3. The number of rotatable bonds is 8. The molecule has 0 bridgehead atoms. The number of ether oxygens (including phenoxy) is 1. The molecule has 7 nitrogen and oxygen atoms in total. The normalized spacial score (nSPS) is 16.1. The number of carbonyl (C=O) groups is 1. The van der Waals surface area contributed by atoms with E-state index in [1.807, 2.05) is 54.6 Å². The van der Waals surface area contributed by atoms with Crippen molar-refractivity contribution in [3.8, 4) is 5.75 Å². The van der Waals surface area contributed by atoms with E-state index in [1.165, 1.54) is 0 Å². The van der Waals surface area contributed by atoms with Crippen LogP contribution in [0.1, 0.15) is 24.5 Å². The van der Waals surface area contributed by atoms with Gasteiger partial charge in [-0.25, -0.2) is 0 Å². The molecule has 0 spiro atoms. The summed E-state index contributed by atoms with van der Waals surface area (Å²) in [5.74, 6) is 0.719. The lowest BCUT2D eigenvalue weighted by Gasteiger charge is -2.33. The lowest BCUT2D eigenvalue weighted by atomic mass is 10.0. The molecule has 7 heteroatoms. The number of amides is 1. The summed E-state index contributed by atoms with van der Waals surface area (Å²) in [5, 5.41) is 18.1. The van der Waals surface area contributed by atoms with Crippen molar-refractivity contribution < 1.29 is 14.6 Å². The molecule has 1 saturated heterocycles. The number of aliphatic hydroxyl groups excluding tert-OH is 1. The van der Waals surface area contributed by atoms with Crippen LogP contribution in [-0.2, 0) is 4.79 Å². The van der Waals surface area contributed by atoms with E-state index in [9.17, 15) is 9.90 Å². The van der Waals surface area contributed by atoms with E-state index in [1.54, 1.807) is 13.3 Å². The molecule has 0 unspecified atom stereocenters. The van der Waals surface area contributed by atoms with Gasteiger partial charge in [0, 0.05) is 29.9 Å². The maximum absolute atomic E-state index is 12.1. The molecular formula is C25H30N4O3. The predicted molar refractivity (Wildman–Crippen MR) is 126 cm³/mol. The molecule has 2 aromatic carbocycles. The van der Waals surface area contributed by atoms with Gasteiger partial charge < -0.3 is 25.4 Å². The second-order valence-electron chi connectivity index (χ2n) is 8.17. The number of benzene rings is 2. The van der Waals surface area contributed by atoms with Crippen molar-refractivity contribution in [2.45, 2.75) is 25.0 Å². The number of piperidine rings is 1. The number of aliphatic hydroxyl groups is 1. The Hall–Kier alpha value is -3.00. The molecule has 2 heterocycles. The molecule has 0 aliphatic carbocycles. The Balaban J connectivity index is 1.26. The van der Waals surface area contributed by atoms with Gasteiger partial charge in [-0.2, -0.15) is 0 Å². The van der Waals surface area contributed by atoms with Crippen LogP contribution in [0.25, 0.3) is 10.9 Å². The molecule has 4 rings (SSSR count). The van der Waals surface area contributed by atoms with E-state index in [-0.39, 0.29) is 5.91 Å². The van der Waals surface area contributed by atoms with Crippen LogP contribution in [0.3, 0.4) is 0 Å². The molecule has 3 aromatic rings. The summed E-state index contributed by atoms with van der Waals surface area (Å²) < 4.78 is 5.34. The Kier molecular flexibility index (Phi) is 7.32. The summed E-state index contributed by atoms with van der Waals surface area (Å²) in [6, 6.07) is 17.4. The summed E-state index contributed by atoms with van der Waals surface area (Å²) in [6.07, 6.45) is 3.02. The monoisotopic (exact) mass is 434 g/mol. The molecule has 0 saturated carbocycles. The summed E-state index contributed by atoms with van der Waals surface area (Å²) in [7, 11) is 1.64. The molecule has 168 valence electrons. The van der Waals surface area contributed by atoms with Crippen molar-refractivity contribution >= 4 is 22.5 Å². The number of aromatic nitrogens is 1. The summed E-state index contributed by atoms with van der Waals surface area (Å²) >= 11 is 0. The van der Waals surface area contributed by atoms with Crippen molar-refractivity contribution in [3.63, 3.8) is 0 Å². The summed E-state index contributed by atoms with van der Waals surface area (Å²) in [6.45, 7) is 2.62. The first-order valence-electron chi connectivity index (χ1n) is 11.0. The van der Waals surface area contributed by atoms with Crippen molar-refractivity contribution in [1.29, 1.82) is 0 Å². The Bertz CT molecular complexity index is 1040. The highest BCUT2D eigenvalue weighted by atomic mass is 16.5. The molecule has 1 aliphatic heterocycles. The zero-order valence-corrected chi connectivity index (χ0v) is 18.3. The minimum absolute atomic E-state index is 0.0333. The SMILES string of the molecule is COc1ccc2nccc([C@@H](O)CN3CCC(NCC(=O)Nc4ccccc4)CC3)c2c1. The Labute approximate surface area is 188 Å². The first-order valence-corrected chi connectivity index (χ1v) is 11.0. The van der Waals surface area contributed by atoms with Crippen LogP contribution in [0.4, 0.5) is 5.69 Å². The van der Waals surface area contributed by atoms with Crippen molar-refractivity contribution in [1.82, 2.24) is 15.2 Å². The van der Waals surface area contributed by atoms with Gasteiger partial charge in [-0.3, -0.25) is 9.78 Å². The molecule has 1 fully saturated rings. The quantitative estimate of drug-likeness (QED) is 0.505. The highest BCUT2D eigenvalue weighted by Gasteiger charge is 2.23. The van der Waals surface area contributed by atoms with Gasteiger partial charge in [0.25, 0.3) is 0 Å². The van der Waals surface area contributed by atoms with Crippen LogP contribution in [0.2, 0.25) is 0 Å². The number of para-hydroxylation sites is 1. The molecule has 1 aromatic heterocycles. The Morgan fingerprint density at radius 1 is 1.19 bits per heavy atom. The largest absolute Gasteiger partial charge is 0.497 e. The van der Waals surface area contributed by atoms with Gasteiger partial charge in [-0.05, 0) is 67.9 Å². The van der Waals surface area contributed by atoms with Crippen LogP contribution in [-0.4, -0.2) is 60.2 Å². The summed E-state index contributed by atoms with van der Waals surface area (Å²) in [4.78, 5) is 18.8. The maximum Gasteiger partial charge on any atom is 0.238 e. The van der Waals surface area contributed by atoms with Crippen LogP contribution in [0.5, 0.6) is 5.75 Å². The number of hydrogen-bond acceptors (Lipinski definition) is 6. The Morgan fingerprint density at radius 2 is 1.97 bits per heavy atom. The van der Waals surface area contributed by atoms with E-state index in [2.05, 4.69) is 20.5 Å². The molecule has 32 heavy (non-hydrogen) atoms. The van der Waals surface area contributed by atoms with Crippen molar-refractivity contribution in [3.05, 3.63) is 66.4 Å². The standard InChI is InChI=1S/C25H30N4O3/c1-32-20-7-8-23-22(15-20)21(9-12-26-23)24(30)17-29-13-10-18(11-14-29)27-16-25(31)28-19-5-3-2-4-6-19/h2-9,12,15,18,24,27,30H,10-11,13-14,16-17H2,1H3,(H,28,31)/t24-/m0/s1. The van der Waals surface area contributed by atoms with Gasteiger partial charge in [0.2, 0.25) is 5.91 Å². The molecule has 1 amide bonds. The Morgan fingerprint density at radius 3 is 2.72 bits per heavy atom. The van der Waals surface area contributed by atoms with Crippen LogP contribution < -0.4 is 15.4 Å². The summed E-state index contributed by atoms with van der Waals surface area (Å²) in [5.41, 5.74) is 2.52. The molecule has 3 N–H and O–H groups in total. The van der Waals surface area contributed by atoms with E-state index in [0.717, 1.165) is 53.8 Å². The van der Waals surface area contributed by atoms with Crippen molar-refractivity contribution in [2.24, 2.45) is 0 Å². The third kappa shape index (κ3) is 5.62. The number of β-amino-alcohol motifs (C(OH)–C–C–N with tert-alkyl or cyclic N) is 1. The maximum atomic E-state index is 12.1. The number of carbonyl (C=O) groups excluding carboxylic acids is 1. The smallest absolute Gasteiger partial charge is 0.238 e. The van der Waals surface area contributed by atoms with E-state index in [4.69, 9.17) is 4.74 Å². The number of anilines is 1. The molecular weight excluding hydrogens is 404 g/mol. The molecule has 0 radical (unpaired) electrons. The average molecular weight is 435 g/mol. The number of nitrogens with zero attached hydrogens (tertiary/aromatic N) is 2.